The molecule has 0 bridgehead atoms. The van der Waals surface area contributed by atoms with Gasteiger partial charge in [0.05, 0.1) is 0 Å². The highest BCUT2D eigenvalue weighted by molar-refractivity contribution is 6.05. The first-order valence-corrected chi connectivity index (χ1v) is 8.97. The lowest BCUT2D eigenvalue weighted by molar-refractivity contribution is -0.136. The van der Waals surface area contributed by atoms with Gasteiger partial charge in [-0.3, -0.25) is 19.7 Å². The van der Waals surface area contributed by atoms with Crippen LogP contribution in [0.25, 0.3) is 0 Å². The number of nitrogens with zero attached hydrogens (tertiary/aromatic N) is 1. The second-order valence-corrected chi connectivity index (χ2v) is 6.61. The van der Waals surface area contributed by atoms with Gasteiger partial charge in [-0.1, -0.05) is 18.3 Å². The molecule has 2 N–H and O–H groups in total. The van der Waals surface area contributed by atoms with Gasteiger partial charge < -0.3 is 10.0 Å². The number of carbonyl (C=O) groups excluding carboxylic acids is 3. The van der Waals surface area contributed by atoms with Crippen LogP contribution in [0.2, 0.25) is 0 Å². The maximum Gasteiger partial charge on any atom is 0.255 e. The van der Waals surface area contributed by atoms with Crippen molar-refractivity contribution in [3.8, 4) is 11.8 Å². The van der Waals surface area contributed by atoms with Gasteiger partial charge in [0.1, 0.15) is 6.04 Å². The van der Waals surface area contributed by atoms with Gasteiger partial charge in [0, 0.05) is 37.1 Å². The monoisotopic (exact) mass is 354 g/mol. The fourth-order valence-corrected chi connectivity index (χ4v) is 3.32. The van der Waals surface area contributed by atoms with Gasteiger partial charge in [-0.2, -0.15) is 0 Å². The molecule has 1 aromatic rings. The summed E-state index contributed by atoms with van der Waals surface area (Å²) >= 11 is 0. The number of amides is 3. The average Bonchev–Trinajstić information content (AvgIpc) is 2.94. The molecule has 136 valence electrons. The van der Waals surface area contributed by atoms with E-state index in [1.54, 1.807) is 11.0 Å². The molecule has 3 rings (SSSR count). The molecule has 1 atom stereocenters. The van der Waals surface area contributed by atoms with Crippen LogP contribution < -0.4 is 5.32 Å². The normalized spacial score (nSPS) is 19.0. The van der Waals surface area contributed by atoms with E-state index in [1.807, 2.05) is 12.1 Å². The van der Waals surface area contributed by atoms with Crippen LogP contribution in [0.3, 0.4) is 0 Å². The molecule has 6 nitrogen and oxygen atoms in total. The Morgan fingerprint density at radius 3 is 2.81 bits per heavy atom. The van der Waals surface area contributed by atoms with Crippen molar-refractivity contribution in [2.75, 3.05) is 6.61 Å². The quantitative estimate of drug-likeness (QED) is 0.475. The maximum atomic E-state index is 12.6. The minimum absolute atomic E-state index is 0.169. The third kappa shape index (κ3) is 3.94. The van der Waals surface area contributed by atoms with E-state index in [4.69, 9.17) is 5.11 Å². The van der Waals surface area contributed by atoms with Gasteiger partial charge in [-0.05, 0) is 43.0 Å². The number of nitrogens with one attached hydrogen (secondary N) is 1. The van der Waals surface area contributed by atoms with Crippen molar-refractivity contribution in [2.24, 2.45) is 0 Å². The van der Waals surface area contributed by atoms with E-state index in [9.17, 15) is 14.4 Å². The smallest absolute Gasteiger partial charge is 0.255 e. The number of imide groups is 1. The second-order valence-electron chi connectivity index (χ2n) is 6.61. The number of hydrogen-bond donors (Lipinski definition) is 2. The van der Waals surface area contributed by atoms with Crippen molar-refractivity contribution in [3.05, 3.63) is 34.9 Å². The van der Waals surface area contributed by atoms with Gasteiger partial charge in [0.25, 0.3) is 5.91 Å². The SMILES string of the molecule is O=C1CCC(N2Cc3cc(C#CCCCCCO)ccc3C2=O)C(=O)N1. The van der Waals surface area contributed by atoms with Crippen molar-refractivity contribution >= 4 is 17.7 Å². The van der Waals surface area contributed by atoms with Crippen molar-refractivity contribution in [3.63, 3.8) is 0 Å². The predicted octanol–water partition coefficient (Wildman–Crippen LogP) is 1.35. The number of piperidine rings is 1. The summed E-state index contributed by atoms with van der Waals surface area (Å²) in [5.74, 6) is 5.37. The molecular weight excluding hydrogens is 332 g/mol. The maximum absolute atomic E-state index is 12.6. The van der Waals surface area contributed by atoms with Crippen molar-refractivity contribution < 1.29 is 19.5 Å². The molecule has 0 aromatic heterocycles. The van der Waals surface area contributed by atoms with Crippen LogP contribution >= 0.6 is 0 Å². The summed E-state index contributed by atoms with van der Waals surface area (Å²) in [6.45, 7) is 0.586. The van der Waals surface area contributed by atoms with E-state index in [2.05, 4.69) is 17.2 Å². The molecule has 0 radical (unpaired) electrons. The highest BCUT2D eigenvalue weighted by Gasteiger charge is 2.38. The standard InChI is InChI=1S/C20H22N2O4/c23-11-5-3-1-2-4-6-14-7-8-16-15(12-14)13-22(20(16)26)17-9-10-18(24)21-19(17)25/h7-8,12,17,23H,1-3,5,9-11,13H2,(H,21,24,25). The van der Waals surface area contributed by atoms with E-state index in [0.717, 1.165) is 36.8 Å². The summed E-state index contributed by atoms with van der Waals surface area (Å²) in [6.07, 6.45) is 4.12. The number of aliphatic hydroxyl groups excluding tert-OH is 1. The number of carbonyl (C=O) groups is 3. The Balaban J connectivity index is 1.66. The Kier molecular flexibility index (Phi) is 5.69. The summed E-state index contributed by atoms with van der Waals surface area (Å²) < 4.78 is 0. The highest BCUT2D eigenvalue weighted by atomic mass is 16.3. The Morgan fingerprint density at radius 2 is 2.04 bits per heavy atom. The third-order valence-corrected chi connectivity index (χ3v) is 4.72. The van der Waals surface area contributed by atoms with Gasteiger partial charge in [0.15, 0.2) is 0 Å². The minimum Gasteiger partial charge on any atom is -0.396 e. The molecule has 2 aliphatic rings. The number of rotatable bonds is 5. The molecule has 1 saturated heterocycles. The molecule has 3 amide bonds. The number of benzene rings is 1. The van der Waals surface area contributed by atoms with Crippen molar-refractivity contribution in [1.29, 1.82) is 0 Å². The summed E-state index contributed by atoms with van der Waals surface area (Å²) in [5, 5.41) is 11.1. The van der Waals surface area contributed by atoms with E-state index in [-0.39, 0.29) is 24.8 Å². The predicted molar refractivity (Wildman–Crippen MR) is 94.9 cm³/mol. The van der Waals surface area contributed by atoms with E-state index >= 15 is 0 Å². The van der Waals surface area contributed by atoms with E-state index in [1.165, 1.54) is 0 Å². The van der Waals surface area contributed by atoms with Crippen LogP contribution in [0.4, 0.5) is 0 Å². The van der Waals surface area contributed by atoms with Crippen molar-refractivity contribution in [2.45, 2.75) is 51.1 Å². The first-order chi connectivity index (χ1) is 12.6. The fraction of sp³-hybridized carbons (Fsp3) is 0.450. The average molecular weight is 354 g/mol. The molecule has 2 aliphatic heterocycles. The van der Waals surface area contributed by atoms with Gasteiger partial charge in [0.2, 0.25) is 11.8 Å². The molecular formula is C20H22N2O4. The third-order valence-electron chi connectivity index (χ3n) is 4.72. The Labute approximate surface area is 152 Å². The zero-order chi connectivity index (χ0) is 18.5. The Morgan fingerprint density at radius 1 is 1.19 bits per heavy atom. The first kappa shape index (κ1) is 18.2. The lowest BCUT2D eigenvalue weighted by Gasteiger charge is -2.29. The molecule has 1 unspecified atom stereocenters. The minimum atomic E-state index is -0.589. The number of aliphatic hydroxyl groups is 1. The Hall–Kier alpha value is -2.65. The lowest BCUT2D eigenvalue weighted by atomic mass is 10.0. The number of hydrogen-bond acceptors (Lipinski definition) is 4. The zero-order valence-corrected chi connectivity index (χ0v) is 14.6. The van der Waals surface area contributed by atoms with Crippen LogP contribution in [0.15, 0.2) is 18.2 Å². The zero-order valence-electron chi connectivity index (χ0n) is 14.6. The molecule has 2 heterocycles. The highest BCUT2D eigenvalue weighted by Crippen LogP contribution is 2.28. The molecule has 26 heavy (non-hydrogen) atoms. The van der Waals surface area contributed by atoms with E-state index < -0.39 is 11.9 Å². The van der Waals surface area contributed by atoms with Gasteiger partial charge in [-0.15, -0.1) is 0 Å². The van der Waals surface area contributed by atoms with Crippen LogP contribution in [-0.4, -0.2) is 40.4 Å². The molecule has 1 aromatic carbocycles. The summed E-state index contributed by atoms with van der Waals surface area (Å²) in [7, 11) is 0. The van der Waals surface area contributed by atoms with Gasteiger partial charge >= 0.3 is 0 Å². The van der Waals surface area contributed by atoms with Crippen LogP contribution in [-0.2, 0) is 16.1 Å². The van der Waals surface area contributed by atoms with Crippen LogP contribution in [0, 0.1) is 11.8 Å². The van der Waals surface area contributed by atoms with Crippen molar-refractivity contribution in [1.82, 2.24) is 10.2 Å². The topological polar surface area (TPSA) is 86.7 Å². The lowest BCUT2D eigenvalue weighted by Crippen LogP contribution is -2.52. The number of fused-ring (bicyclic) bond motifs is 1. The Bertz CT molecular complexity index is 791. The molecule has 0 spiro atoms. The molecule has 1 fully saturated rings. The largest absolute Gasteiger partial charge is 0.396 e. The summed E-state index contributed by atoms with van der Waals surface area (Å²) in [4.78, 5) is 37.5. The first-order valence-electron chi connectivity index (χ1n) is 8.97. The molecule has 0 aliphatic carbocycles. The summed E-state index contributed by atoms with van der Waals surface area (Å²) in [5.41, 5.74) is 2.32. The van der Waals surface area contributed by atoms with Gasteiger partial charge in [-0.25, -0.2) is 0 Å². The molecule has 6 heteroatoms. The molecule has 0 saturated carbocycles. The van der Waals surface area contributed by atoms with E-state index in [0.29, 0.717) is 18.5 Å². The van der Waals surface area contributed by atoms with Crippen LogP contribution in [0.1, 0.15) is 60.0 Å². The number of unbranched alkanes of at least 4 members (excludes halogenated alkanes) is 3. The summed E-state index contributed by atoms with van der Waals surface area (Å²) in [6, 6.07) is 4.90. The fourth-order valence-electron chi connectivity index (χ4n) is 3.32. The second kappa shape index (κ2) is 8.15. The van der Waals surface area contributed by atoms with Crippen LogP contribution in [0.5, 0.6) is 0 Å².